The van der Waals surface area contributed by atoms with Crippen LogP contribution in [0.25, 0.3) is 0 Å². The van der Waals surface area contributed by atoms with Crippen LogP contribution in [0.4, 0.5) is 16.0 Å². The fourth-order valence-corrected chi connectivity index (χ4v) is 1.72. The van der Waals surface area contributed by atoms with Crippen LogP contribution in [-0.2, 0) is 6.42 Å². The van der Waals surface area contributed by atoms with E-state index in [0.717, 1.165) is 12.0 Å². The van der Waals surface area contributed by atoms with Crippen LogP contribution in [0.1, 0.15) is 11.4 Å². The molecule has 1 heterocycles. The molecule has 1 aromatic heterocycles. The second-order valence-electron chi connectivity index (χ2n) is 4.13. The molecule has 0 aliphatic carbocycles. The molecule has 0 amide bonds. The number of nitrogens with two attached hydrogens (primary N) is 1. The largest absolute Gasteiger partial charge is 0.370 e. The lowest BCUT2D eigenvalue weighted by Gasteiger charge is -2.08. The number of nitrogens with one attached hydrogen (secondary N) is 2. The number of nitrogens with zero attached hydrogens (tertiary/aromatic N) is 2. The number of hydrogen-bond acceptors (Lipinski definition) is 5. The Labute approximate surface area is 111 Å². The molecular weight excluding hydrogens is 245 g/mol. The molecule has 6 heteroatoms. The first-order valence-electron chi connectivity index (χ1n) is 5.98. The third kappa shape index (κ3) is 3.89. The Kier molecular flexibility index (Phi) is 4.25. The van der Waals surface area contributed by atoms with Crippen molar-refractivity contribution in [1.29, 1.82) is 0 Å². The fourth-order valence-electron chi connectivity index (χ4n) is 1.72. The molecule has 0 saturated carbocycles. The van der Waals surface area contributed by atoms with Crippen LogP contribution in [0.5, 0.6) is 0 Å². The average molecular weight is 261 g/mol. The Morgan fingerprint density at radius 2 is 1.84 bits per heavy atom. The Morgan fingerprint density at radius 1 is 1.16 bits per heavy atom. The molecule has 19 heavy (non-hydrogen) atoms. The monoisotopic (exact) mass is 261 g/mol. The van der Waals surface area contributed by atoms with Crippen LogP contribution in [0.3, 0.4) is 0 Å². The summed E-state index contributed by atoms with van der Waals surface area (Å²) in [6.45, 7) is 2.50. The highest BCUT2D eigenvalue weighted by Gasteiger charge is 2.00. The van der Waals surface area contributed by atoms with Crippen LogP contribution >= 0.6 is 0 Å². The van der Waals surface area contributed by atoms with Crippen molar-refractivity contribution in [2.45, 2.75) is 13.3 Å². The van der Waals surface area contributed by atoms with Crippen molar-refractivity contribution < 1.29 is 4.39 Å². The molecule has 0 radical (unpaired) electrons. The molecule has 100 valence electrons. The standard InChI is InChI=1S/C13H16FN5/c1-9-17-12(8-13(18-9)19-15)16-7-6-10-2-4-11(14)5-3-10/h2-5,8H,6-7,15H2,1H3,(H2,16,17,18,19). The van der Waals surface area contributed by atoms with Gasteiger partial charge in [0.2, 0.25) is 0 Å². The van der Waals surface area contributed by atoms with Crippen molar-refractivity contribution in [1.82, 2.24) is 9.97 Å². The first kappa shape index (κ1) is 13.2. The van der Waals surface area contributed by atoms with Gasteiger partial charge in [-0.25, -0.2) is 20.2 Å². The maximum absolute atomic E-state index is 12.8. The van der Waals surface area contributed by atoms with E-state index in [9.17, 15) is 4.39 Å². The molecule has 0 bridgehead atoms. The topological polar surface area (TPSA) is 75.9 Å². The molecule has 0 aliphatic heterocycles. The lowest BCUT2D eigenvalue weighted by atomic mass is 10.1. The Morgan fingerprint density at radius 3 is 2.53 bits per heavy atom. The van der Waals surface area contributed by atoms with Crippen molar-refractivity contribution in [3.05, 3.63) is 47.5 Å². The lowest BCUT2D eigenvalue weighted by molar-refractivity contribution is 0.627. The van der Waals surface area contributed by atoms with Gasteiger partial charge in [0.1, 0.15) is 23.3 Å². The van der Waals surface area contributed by atoms with E-state index < -0.39 is 0 Å². The van der Waals surface area contributed by atoms with Gasteiger partial charge in [0.15, 0.2) is 0 Å². The number of hydrazine groups is 1. The summed E-state index contributed by atoms with van der Waals surface area (Å²) in [5.74, 6) is 7.01. The molecule has 0 unspecified atom stereocenters. The predicted molar refractivity (Wildman–Crippen MR) is 73.2 cm³/mol. The Hall–Kier alpha value is -2.21. The van der Waals surface area contributed by atoms with Gasteiger partial charge in [-0.05, 0) is 31.0 Å². The highest BCUT2D eigenvalue weighted by molar-refractivity contribution is 5.46. The molecule has 1 aromatic carbocycles. The quantitative estimate of drug-likeness (QED) is 0.566. The number of rotatable bonds is 5. The summed E-state index contributed by atoms with van der Waals surface area (Å²) in [5.41, 5.74) is 3.56. The molecule has 5 nitrogen and oxygen atoms in total. The number of hydrogen-bond donors (Lipinski definition) is 3. The van der Waals surface area contributed by atoms with Crippen LogP contribution in [-0.4, -0.2) is 16.5 Å². The molecule has 0 saturated heterocycles. The smallest absolute Gasteiger partial charge is 0.145 e. The summed E-state index contributed by atoms with van der Waals surface area (Å²) < 4.78 is 12.8. The minimum Gasteiger partial charge on any atom is -0.370 e. The van der Waals surface area contributed by atoms with Gasteiger partial charge < -0.3 is 10.7 Å². The van der Waals surface area contributed by atoms with Crippen molar-refractivity contribution in [3.8, 4) is 0 Å². The number of halogens is 1. The minimum atomic E-state index is -0.221. The van der Waals surface area contributed by atoms with E-state index in [-0.39, 0.29) is 5.82 Å². The SMILES string of the molecule is Cc1nc(NN)cc(NCCc2ccc(F)cc2)n1. The number of anilines is 2. The Balaban J connectivity index is 1.92. The summed E-state index contributed by atoms with van der Waals surface area (Å²) in [6, 6.07) is 8.20. The third-order valence-electron chi connectivity index (χ3n) is 2.62. The maximum atomic E-state index is 12.8. The summed E-state index contributed by atoms with van der Waals surface area (Å²) in [4.78, 5) is 8.35. The van der Waals surface area contributed by atoms with Gasteiger partial charge in [-0.1, -0.05) is 12.1 Å². The van der Waals surface area contributed by atoms with Gasteiger partial charge in [-0.15, -0.1) is 0 Å². The number of nitrogen functional groups attached to an aromatic ring is 1. The normalized spacial score (nSPS) is 10.3. The first-order chi connectivity index (χ1) is 9.17. The number of aryl methyl sites for hydroxylation is 1. The van der Waals surface area contributed by atoms with Crippen LogP contribution in [0.2, 0.25) is 0 Å². The lowest BCUT2D eigenvalue weighted by Crippen LogP contribution is -2.12. The van der Waals surface area contributed by atoms with Gasteiger partial charge in [-0.2, -0.15) is 0 Å². The van der Waals surface area contributed by atoms with Crippen LogP contribution in [0, 0.1) is 12.7 Å². The second-order valence-corrected chi connectivity index (χ2v) is 4.13. The summed E-state index contributed by atoms with van der Waals surface area (Å²) >= 11 is 0. The summed E-state index contributed by atoms with van der Waals surface area (Å²) in [5, 5.41) is 3.18. The molecule has 0 spiro atoms. The van der Waals surface area contributed by atoms with Crippen LogP contribution in [0.15, 0.2) is 30.3 Å². The van der Waals surface area contributed by atoms with Crippen LogP contribution < -0.4 is 16.6 Å². The Bertz CT molecular complexity index is 541. The first-order valence-corrected chi connectivity index (χ1v) is 5.98. The van der Waals surface area contributed by atoms with Crippen molar-refractivity contribution in [2.75, 3.05) is 17.3 Å². The molecule has 0 aliphatic rings. The fraction of sp³-hybridized carbons (Fsp3) is 0.231. The van der Waals surface area contributed by atoms with E-state index in [1.54, 1.807) is 25.1 Å². The van der Waals surface area contributed by atoms with Gasteiger partial charge in [0.25, 0.3) is 0 Å². The maximum Gasteiger partial charge on any atom is 0.145 e. The molecular formula is C13H16FN5. The van der Waals surface area contributed by atoms with Gasteiger partial charge in [-0.3, -0.25) is 0 Å². The molecule has 4 N–H and O–H groups in total. The summed E-state index contributed by atoms with van der Waals surface area (Å²) in [6.07, 6.45) is 0.786. The molecule has 2 aromatic rings. The zero-order valence-electron chi connectivity index (χ0n) is 10.7. The zero-order chi connectivity index (χ0) is 13.7. The van der Waals surface area contributed by atoms with E-state index in [2.05, 4.69) is 20.7 Å². The van der Waals surface area contributed by atoms with E-state index in [1.165, 1.54) is 12.1 Å². The number of aromatic nitrogens is 2. The van der Waals surface area contributed by atoms with Gasteiger partial charge >= 0.3 is 0 Å². The highest BCUT2D eigenvalue weighted by atomic mass is 19.1. The predicted octanol–water partition coefficient (Wildman–Crippen LogP) is 1.86. The van der Waals surface area contributed by atoms with Crippen molar-refractivity contribution in [2.24, 2.45) is 5.84 Å². The highest BCUT2D eigenvalue weighted by Crippen LogP contribution is 2.10. The van der Waals surface area contributed by atoms with Crippen molar-refractivity contribution in [3.63, 3.8) is 0 Å². The molecule has 2 rings (SSSR count). The van der Waals surface area contributed by atoms with E-state index in [4.69, 9.17) is 5.84 Å². The summed E-state index contributed by atoms with van der Waals surface area (Å²) in [7, 11) is 0. The third-order valence-corrected chi connectivity index (χ3v) is 2.62. The average Bonchev–Trinajstić information content (AvgIpc) is 2.40. The zero-order valence-corrected chi connectivity index (χ0v) is 10.7. The van der Waals surface area contributed by atoms with E-state index in [1.807, 2.05) is 0 Å². The number of benzene rings is 1. The second kappa shape index (κ2) is 6.10. The van der Waals surface area contributed by atoms with Gasteiger partial charge in [0.05, 0.1) is 0 Å². The van der Waals surface area contributed by atoms with Gasteiger partial charge in [0, 0.05) is 12.6 Å². The molecule has 0 atom stereocenters. The minimum absolute atomic E-state index is 0.221. The van der Waals surface area contributed by atoms with E-state index in [0.29, 0.717) is 24.0 Å². The molecule has 0 fully saturated rings. The van der Waals surface area contributed by atoms with Crippen molar-refractivity contribution >= 4 is 11.6 Å². The van der Waals surface area contributed by atoms with E-state index >= 15 is 0 Å².